The minimum absolute atomic E-state index is 0.0447. The monoisotopic (exact) mass is 468 g/mol. The Balaban J connectivity index is 1.72. The standard InChI is InChI=1S/C21H25ClN2O6S/c1-13-11-17(14(2)29-13)21(26)30-15(3)20(25)23-19-12-16(7-8-18(19)22)31(27,28)24-9-5-4-6-10-24/h7-8,11-12,15H,4-6,9-10H2,1-3H3,(H,23,25). The number of amides is 1. The largest absolute Gasteiger partial charge is 0.466 e. The molecule has 10 heteroatoms. The molecule has 8 nitrogen and oxygen atoms in total. The van der Waals surface area contributed by atoms with E-state index >= 15 is 0 Å². The lowest BCUT2D eigenvalue weighted by Gasteiger charge is -2.26. The van der Waals surface area contributed by atoms with Crippen molar-refractivity contribution in [2.75, 3.05) is 18.4 Å². The number of piperidine rings is 1. The zero-order valence-electron chi connectivity index (χ0n) is 17.6. The van der Waals surface area contributed by atoms with Crippen LogP contribution in [0.15, 0.2) is 33.6 Å². The van der Waals surface area contributed by atoms with E-state index in [9.17, 15) is 18.0 Å². The number of carbonyl (C=O) groups excluding carboxylic acids is 2. The van der Waals surface area contributed by atoms with Gasteiger partial charge in [-0.3, -0.25) is 4.79 Å². The van der Waals surface area contributed by atoms with Crippen LogP contribution in [0.2, 0.25) is 5.02 Å². The molecule has 1 aliphatic rings. The molecule has 1 N–H and O–H groups in total. The number of furan rings is 1. The Kier molecular flexibility index (Phi) is 7.08. The fraction of sp³-hybridized carbons (Fsp3) is 0.429. The van der Waals surface area contributed by atoms with Crippen LogP contribution < -0.4 is 5.32 Å². The third kappa shape index (κ3) is 5.28. The van der Waals surface area contributed by atoms with E-state index in [-0.39, 0.29) is 21.2 Å². The van der Waals surface area contributed by atoms with E-state index < -0.39 is 28.0 Å². The average Bonchev–Trinajstić information content (AvgIpc) is 3.08. The lowest BCUT2D eigenvalue weighted by molar-refractivity contribution is -0.123. The van der Waals surface area contributed by atoms with Crippen LogP contribution in [0.5, 0.6) is 0 Å². The Morgan fingerprint density at radius 1 is 1.16 bits per heavy atom. The molecule has 0 spiro atoms. The van der Waals surface area contributed by atoms with E-state index in [1.165, 1.54) is 35.5 Å². The summed E-state index contributed by atoms with van der Waals surface area (Å²) in [7, 11) is -3.69. The summed E-state index contributed by atoms with van der Waals surface area (Å²) in [6, 6.07) is 5.69. The topological polar surface area (TPSA) is 106 Å². The molecule has 2 heterocycles. The number of ether oxygens (including phenoxy) is 1. The van der Waals surface area contributed by atoms with Crippen molar-refractivity contribution >= 4 is 39.2 Å². The zero-order chi connectivity index (χ0) is 22.8. The molecule has 0 bridgehead atoms. The second kappa shape index (κ2) is 9.42. The van der Waals surface area contributed by atoms with Gasteiger partial charge in [0.15, 0.2) is 6.10 Å². The van der Waals surface area contributed by atoms with Crippen molar-refractivity contribution in [1.82, 2.24) is 4.31 Å². The van der Waals surface area contributed by atoms with Gasteiger partial charge in [-0.1, -0.05) is 18.0 Å². The van der Waals surface area contributed by atoms with Gasteiger partial charge in [0.1, 0.15) is 17.1 Å². The average molecular weight is 469 g/mol. The lowest BCUT2D eigenvalue weighted by atomic mass is 10.2. The molecule has 1 atom stereocenters. The quantitative estimate of drug-likeness (QED) is 0.644. The minimum Gasteiger partial charge on any atom is -0.466 e. The molecule has 1 aliphatic heterocycles. The van der Waals surface area contributed by atoms with Crippen molar-refractivity contribution in [2.45, 2.75) is 51.0 Å². The Labute approximate surface area is 186 Å². The number of esters is 1. The normalized spacial score (nSPS) is 16.0. The number of halogens is 1. The van der Waals surface area contributed by atoms with Crippen molar-refractivity contribution in [3.63, 3.8) is 0 Å². The highest BCUT2D eigenvalue weighted by Gasteiger charge is 2.27. The first-order chi connectivity index (χ1) is 14.6. The molecule has 168 valence electrons. The molecule has 2 aromatic rings. The third-order valence-electron chi connectivity index (χ3n) is 5.06. The highest BCUT2D eigenvalue weighted by molar-refractivity contribution is 7.89. The molecule has 1 saturated heterocycles. The van der Waals surface area contributed by atoms with Gasteiger partial charge < -0.3 is 14.5 Å². The van der Waals surface area contributed by atoms with E-state index in [0.29, 0.717) is 24.6 Å². The molecule has 1 aromatic carbocycles. The van der Waals surface area contributed by atoms with Gasteiger partial charge in [-0.25, -0.2) is 13.2 Å². The third-order valence-corrected chi connectivity index (χ3v) is 7.29. The summed E-state index contributed by atoms with van der Waals surface area (Å²) < 4.78 is 37.8. The fourth-order valence-corrected chi connectivity index (χ4v) is 5.07. The summed E-state index contributed by atoms with van der Waals surface area (Å²) >= 11 is 6.16. The Morgan fingerprint density at radius 2 is 1.84 bits per heavy atom. The predicted molar refractivity (Wildman–Crippen MR) is 116 cm³/mol. The molecule has 1 amide bonds. The molecule has 0 saturated carbocycles. The smallest absolute Gasteiger partial charge is 0.342 e. The molecule has 0 radical (unpaired) electrons. The van der Waals surface area contributed by atoms with Gasteiger partial charge in [-0.2, -0.15) is 4.31 Å². The fourth-order valence-electron chi connectivity index (χ4n) is 3.36. The first-order valence-corrected chi connectivity index (χ1v) is 11.8. The lowest BCUT2D eigenvalue weighted by Crippen LogP contribution is -2.35. The first-order valence-electron chi connectivity index (χ1n) is 9.98. The zero-order valence-corrected chi connectivity index (χ0v) is 19.2. The SMILES string of the molecule is Cc1cc(C(=O)OC(C)C(=O)Nc2cc(S(=O)(=O)N3CCCCC3)ccc2Cl)c(C)o1. The summed E-state index contributed by atoms with van der Waals surface area (Å²) in [6.45, 7) is 5.67. The molecule has 3 rings (SSSR count). The Bertz CT molecular complexity index is 1090. The number of aryl methyl sites for hydroxylation is 2. The van der Waals surface area contributed by atoms with Gasteiger partial charge in [0, 0.05) is 13.1 Å². The molecule has 1 aromatic heterocycles. The van der Waals surface area contributed by atoms with Crippen LogP contribution in [0, 0.1) is 13.8 Å². The molecule has 0 aliphatic carbocycles. The van der Waals surface area contributed by atoms with Crippen LogP contribution in [0.4, 0.5) is 5.69 Å². The number of benzene rings is 1. The van der Waals surface area contributed by atoms with Gasteiger partial charge in [0.2, 0.25) is 10.0 Å². The maximum Gasteiger partial charge on any atom is 0.342 e. The van der Waals surface area contributed by atoms with Crippen molar-refractivity contribution in [2.24, 2.45) is 0 Å². The van der Waals surface area contributed by atoms with E-state index in [1.807, 2.05) is 0 Å². The summed E-state index contributed by atoms with van der Waals surface area (Å²) in [5, 5.41) is 2.72. The van der Waals surface area contributed by atoms with Crippen LogP contribution >= 0.6 is 11.6 Å². The summed E-state index contributed by atoms with van der Waals surface area (Å²) in [4.78, 5) is 24.9. The second-order valence-corrected chi connectivity index (χ2v) is 9.82. The highest BCUT2D eigenvalue weighted by Crippen LogP contribution is 2.28. The number of anilines is 1. The van der Waals surface area contributed by atoms with Crippen LogP contribution in [-0.2, 0) is 19.6 Å². The van der Waals surface area contributed by atoms with Crippen molar-refractivity contribution in [3.05, 3.63) is 46.4 Å². The maximum atomic E-state index is 12.9. The number of sulfonamides is 1. The molecule has 31 heavy (non-hydrogen) atoms. The van der Waals surface area contributed by atoms with Gasteiger partial charge in [-0.15, -0.1) is 0 Å². The number of hydrogen-bond donors (Lipinski definition) is 1. The van der Waals surface area contributed by atoms with E-state index in [4.69, 9.17) is 20.8 Å². The Hall–Kier alpha value is -2.36. The minimum atomic E-state index is -3.69. The number of nitrogens with one attached hydrogen (secondary N) is 1. The van der Waals surface area contributed by atoms with Crippen molar-refractivity contribution < 1.29 is 27.2 Å². The van der Waals surface area contributed by atoms with Crippen LogP contribution in [0.25, 0.3) is 0 Å². The maximum absolute atomic E-state index is 12.9. The van der Waals surface area contributed by atoms with Crippen LogP contribution in [-0.4, -0.2) is 43.8 Å². The van der Waals surface area contributed by atoms with E-state index in [2.05, 4.69) is 5.32 Å². The molecule has 1 unspecified atom stereocenters. The molecule has 1 fully saturated rings. The van der Waals surface area contributed by atoms with E-state index in [0.717, 1.165) is 19.3 Å². The van der Waals surface area contributed by atoms with Crippen LogP contribution in [0.3, 0.4) is 0 Å². The summed E-state index contributed by atoms with van der Waals surface area (Å²) in [6.07, 6.45) is 1.49. The predicted octanol–water partition coefficient (Wildman–Crippen LogP) is 3.91. The van der Waals surface area contributed by atoms with Gasteiger partial charge in [0.05, 0.1) is 15.6 Å². The Morgan fingerprint density at radius 3 is 2.45 bits per heavy atom. The van der Waals surface area contributed by atoms with Gasteiger partial charge >= 0.3 is 5.97 Å². The van der Waals surface area contributed by atoms with Crippen LogP contribution in [0.1, 0.15) is 48.1 Å². The van der Waals surface area contributed by atoms with Gasteiger partial charge in [-0.05, 0) is 57.9 Å². The number of hydrogen-bond acceptors (Lipinski definition) is 6. The van der Waals surface area contributed by atoms with Crippen molar-refractivity contribution in [1.29, 1.82) is 0 Å². The summed E-state index contributed by atoms with van der Waals surface area (Å²) in [5.74, 6) is -0.376. The highest BCUT2D eigenvalue weighted by atomic mass is 35.5. The molecular formula is C21H25ClN2O6S. The second-order valence-electron chi connectivity index (χ2n) is 7.47. The molecular weight excluding hydrogens is 444 g/mol. The summed E-state index contributed by atoms with van der Waals surface area (Å²) in [5.41, 5.74) is 0.368. The van der Waals surface area contributed by atoms with E-state index in [1.54, 1.807) is 13.8 Å². The number of nitrogens with zero attached hydrogens (tertiary/aromatic N) is 1. The van der Waals surface area contributed by atoms with Crippen molar-refractivity contribution in [3.8, 4) is 0 Å². The first kappa shape index (κ1) is 23.3. The number of carbonyl (C=O) groups is 2. The van der Waals surface area contributed by atoms with Gasteiger partial charge in [0.25, 0.3) is 5.91 Å². The number of rotatable bonds is 6.